The number of pyridine rings is 1. The molecule has 118 valence electrons. The van der Waals surface area contributed by atoms with Crippen LogP contribution in [0.5, 0.6) is 0 Å². The molecule has 0 N–H and O–H groups in total. The summed E-state index contributed by atoms with van der Waals surface area (Å²) in [7, 11) is 2.00. The van der Waals surface area contributed by atoms with Gasteiger partial charge in [-0.3, -0.25) is 4.98 Å². The summed E-state index contributed by atoms with van der Waals surface area (Å²) >= 11 is 0. The molecule has 0 amide bonds. The average Bonchev–Trinajstić information content (AvgIpc) is 3.07. The Bertz CT molecular complexity index is 949. The maximum atomic E-state index is 4.49. The standard InChI is InChI=1S/C18H16N6/c1-23(12-14-7-5-6-10-19-14)17-16-11-22-24(18(16)21-13-20-17)15-8-3-2-4-9-15/h2-11,13H,12H2,1H3. The molecule has 4 rings (SSSR count). The number of nitrogens with zero attached hydrogens (tertiary/aromatic N) is 6. The number of aromatic nitrogens is 5. The van der Waals surface area contributed by atoms with Crippen molar-refractivity contribution in [1.82, 2.24) is 24.7 Å². The molecule has 0 unspecified atom stereocenters. The van der Waals surface area contributed by atoms with E-state index in [1.807, 2.05) is 66.5 Å². The third-order valence-corrected chi connectivity index (χ3v) is 3.83. The van der Waals surface area contributed by atoms with Crippen molar-refractivity contribution in [3.63, 3.8) is 0 Å². The van der Waals surface area contributed by atoms with Gasteiger partial charge < -0.3 is 4.90 Å². The Morgan fingerprint density at radius 3 is 2.58 bits per heavy atom. The first kappa shape index (κ1) is 14.3. The molecule has 1 aromatic carbocycles. The number of hydrogen-bond acceptors (Lipinski definition) is 5. The van der Waals surface area contributed by atoms with Gasteiger partial charge >= 0.3 is 0 Å². The van der Waals surface area contributed by atoms with Crippen molar-refractivity contribution in [2.24, 2.45) is 0 Å². The van der Waals surface area contributed by atoms with Crippen molar-refractivity contribution in [3.8, 4) is 5.69 Å². The summed E-state index contributed by atoms with van der Waals surface area (Å²) in [4.78, 5) is 15.3. The van der Waals surface area contributed by atoms with Crippen LogP contribution in [0, 0.1) is 0 Å². The minimum atomic E-state index is 0.670. The van der Waals surface area contributed by atoms with E-state index in [4.69, 9.17) is 0 Å². The molecule has 4 aromatic rings. The Morgan fingerprint density at radius 1 is 0.958 bits per heavy atom. The van der Waals surface area contributed by atoms with Crippen molar-refractivity contribution in [3.05, 3.63) is 72.9 Å². The molecule has 3 aromatic heterocycles. The van der Waals surface area contributed by atoms with Gasteiger partial charge in [0.1, 0.15) is 12.1 Å². The molecule has 0 bridgehead atoms. The monoisotopic (exact) mass is 316 g/mol. The Balaban J connectivity index is 1.73. The molecule has 24 heavy (non-hydrogen) atoms. The molecule has 0 saturated carbocycles. The highest BCUT2D eigenvalue weighted by Gasteiger charge is 2.14. The normalized spacial score (nSPS) is 10.9. The Morgan fingerprint density at radius 2 is 1.79 bits per heavy atom. The van der Waals surface area contributed by atoms with E-state index in [0.717, 1.165) is 28.2 Å². The van der Waals surface area contributed by atoms with E-state index >= 15 is 0 Å². The lowest BCUT2D eigenvalue weighted by Crippen LogP contribution is -2.18. The molecule has 6 heteroatoms. The third-order valence-electron chi connectivity index (χ3n) is 3.83. The Labute approximate surface area is 139 Å². The smallest absolute Gasteiger partial charge is 0.168 e. The summed E-state index contributed by atoms with van der Waals surface area (Å²) < 4.78 is 1.83. The lowest BCUT2D eigenvalue weighted by atomic mass is 10.3. The van der Waals surface area contributed by atoms with Gasteiger partial charge in [0, 0.05) is 13.2 Å². The first-order valence-electron chi connectivity index (χ1n) is 7.68. The fourth-order valence-corrected chi connectivity index (χ4v) is 2.70. The van der Waals surface area contributed by atoms with E-state index in [1.165, 1.54) is 0 Å². The van der Waals surface area contributed by atoms with E-state index in [1.54, 1.807) is 12.5 Å². The van der Waals surface area contributed by atoms with Crippen LogP contribution >= 0.6 is 0 Å². The summed E-state index contributed by atoms with van der Waals surface area (Å²) in [5.74, 6) is 0.841. The highest BCUT2D eigenvalue weighted by atomic mass is 15.3. The Kier molecular flexibility index (Phi) is 3.63. The quantitative estimate of drug-likeness (QED) is 0.579. The molecule has 0 radical (unpaired) electrons. The highest BCUT2D eigenvalue weighted by molar-refractivity contribution is 5.87. The SMILES string of the molecule is CN(Cc1ccccn1)c1ncnc2c1cnn2-c1ccccc1. The van der Waals surface area contributed by atoms with E-state index in [-0.39, 0.29) is 0 Å². The summed E-state index contributed by atoms with van der Waals surface area (Å²) in [5.41, 5.74) is 2.76. The molecule has 0 aliphatic carbocycles. The van der Waals surface area contributed by atoms with Gasteiger partial charge in [-0.05, 0) is 24.3 Å². The molecule has 0 saturated heterocycles. The number of fused-ring (bicyclic) bond motifs is 1. The predicted molar refractivity (Wildman–Crippen MR) is 93.0 cm³/mol. The minimum Gasteiger partial charge on any atom is -0.353 e. The van der Waals surface area contributed by atoms with E-state index in [9.17, 15) is 0 Å². The maximum absolute atomic E-state index is 4.49. The van der Waals surface area contributed by atoms with Crippen LogP contribution in [0.4, 0.5) is 5.82 Å². The molecule has 0 aliphatic heterocycles. The van der Waals surface area contributed by atoms with Gasteiger partial charge in [0.05, 0.1) is 29.5 Å². The molecule has 0 aliphatic rings. The van der Waals surface area contributed by atoms with Gasteiger partial charge in [0.2, 0.25) is 0 Å². The van der Waals surface area contributed by atoms with Gasteiger partial charge in [-0.1, -0.05) is 24.3 Å². The van der Waals surface area contributed by atoms with Crippen molar-refractivity contribution in [2.45, 2.75) is 6.54 Å². The van der Waals surface area contributed by atoms with Crippen LogP contribution in [0.15, 0.2) is 67.3 Å². The average molecular weight is 316 g/mol. The number of rotatable bonds is 4. The van der Waals surface area contributed by atoms with Crippen LogP contribution in [-0.4, -0.2) is 31.8 Å². The van der Waals surface area contributed by atoms with Gasteiger partial charge in [-0.2, -0.15) is 5.10 Å². The van der Waals surface area contributed by atoms with E-state index in [0.29, 0.717) is 6.54 Å². The molecule has 6 nitrogen and oxygen atoms in total. The topological polar surface area (TPSA) is 59.7 Å². The lowest BCUT2D eigenvalue weighted by Gasteiger charge is -2.18. The minimum absolute atomic E-state index is 0.670. The fourth-order valence-electron chi connectivity index (χ4n) is 2.70. The first-order valence-corrected chi connectivity index (χ1v) is 7.68. The molecular formula is C18H16N6. The highest BCUT2D eigenvalue weighted by Crippen LogP contribution is 2.24. The van der Waals surface area contributed by atoms with Crippen LogP contribution in [0.2, 0.25) is 0 Å². The second-order valence-corrected chi connectivity index (χ2v) is 5.50. The van der Waals surface area contributed by atoms with Crippen LogP contribution in [0.25, 0.3) is 16.7 Å². The molecule has 3 heterocycles. The van der Waals surface area contributed by atoms with Crippen molar-refractivity contribution in [2.75, 3.05) is 11.9 Å². The zero-order valence-corrected chi connectivity index (χ0v) is 13.2. The van der Waals surface area contributed by atoms with Gasteiger partial charge in [0.25, 0.3) is 0 Å². The summed E-state index contributed by atoms with van der Waals surface area (Å²) in [5, 5.41) is 5.40. The second-order valence-electron chi connectivity index (χ2n) is 5.50. The largest absolute Gasteiger partial charge is 0.353 e. The predicted octanol–water partition coefficient (Wildman–Crippen LogP) is 2.85. The maximum Gasteiger partial charge on any atom is 0.168 e. The number of hydrogen-bond donors (Lipinski definition) is 0. The van der Waals surface area contributed by atoms with Crippen LogP contribution in [0.1, 0.15) is 5.69 Å². The van der Waals surface area contributed by atoms with Crippen molar-refractivity contribution >= 4 is 16.9 Å². The van der Waals surface area contributed by atoms with Gasteiger partial charge in [-0.15, -0.1) is 0 Å². The third kappa shape index (κ3) is 2.58. The van der Waals surface area contributed by atoms with Crippen LogP contribution < -0.4 is 4.90 Å². The van der Waals surface area contributed by atoms with Crippen molar-refractivity contribution < 1.29 is 0 Å². The lowest BCUT2D eigenvalue weighted by molar-refractivity contribution is 0.865. The van der Waals surface area contributed by atoms with Crippen LogP contribution in [-0.2, 0) is 6.54 Å². The summed E-state index contributed by atoms with van der Waals surface area (Å²) in [6, 6.07) is 15.9. The molecular weight excluding hydrogens is 300 g/mol. The molecule has 0 fully saturated rings. The zero-order valence-electron chi connectivity index (χ0n) is 13.2. The first-order chi connectivity index (χ1) is 11.8. The number of para-hydroxylation sites is 1. The fraction of sp³-hybridized carbons (Fsp3) is 0.111. The second kappa shape index (κ2) is 6.08. The molecule has 0 spiro atoms. The number of benzene rings is 1. The van der Waals surface area contributed by atoms with E-state index < -0.39 is 0 Å². The number of anilines is 1. The summed E-state index contributed by atoms with van der Waals surface area (Å²) in [6.45, 7) is 0.670. The zero-order chi connectivity index (χ0) is 16.4. The van der Waals surface area contributed by atoms with Gasteiger partial charge in [0.15, 0.2) is 5.65 Å². The molecule has 0 atom stereocenters. The van der Waals surface area contributed by atoms with Gasteiger partial charge in [-0.25, -0.2) is 14.6 Å². The van der Waals surface area contributed by atoms with Crippen LogP contribution in [0.3, 0.4) is 0 Å². The summed E-state index contributed by atoms with van der Waals surface area (Å²) in [6.07, 6.45) is 5.19. The van der Waals surface area contributed by atoms with E-state index in [2.05, 4.69) is 25.0 Å². The Hall–Kier alpha value is -3.28. The van der Waals surface area contributed by atoms with Crippen molar-refractivity contribution in [1.29, 1.82) is 0 Å².